The molecule has 1 rings (SSSR count). The van der Waals surface area contributed by atoms with Crippen LogP contribution in [0.4, 0.5) is 12.9 Å². The molecule has 1 aliphatic rings. The van der Waals surface area contributed by atoms with Gasteiger partial charge in [0.2, 0.25) is 0 Å². The first-order chi connectivity index (χ1) is 5.08. The largest absolute Gasteiger partial charge is 1.00 e. The molecule has 0 saturated carbocycles. The number of hydrogen-bond donors (Lipinski definition) is 0. The molecule has 1 unspecified atom stereocenters. The van der Waals surface area contributed by atoms with Crippen LogP contribution < -0.4 is 51.4 Å². The minimum Gasteiger partial charge on any atom is -0.445 e. The van der Waals surface area contributed by atoms with Crippen LogP contribution in [-0.4, -0.2) is 20.2 Å². The molecule has 0 amide bonds. The maximum Gasteiger partial charge on any atom is 1.00 e. The second-order valence-electron chi connectivity index (χ2n) is 2.63. The third-order valence-electron chi connectivity index (χ3n) is 1.57. The van der Waals surface area contributed by atoms with Crippen LogP contribution in [0, 0.1) is 5.92 Å². The SMILES string of the molecule is F[B-](F)(F)/C=C/C1CCOC1.[K+]. The van der Waals surface area contributed by atoms with Gasteiger partial charge >= 0.3 is 58.4 Å². The van der Waals surface area contributed by atoms with Crippen LogP contribution in [0.2, 0.25) is 0 Å². The van der Waals surface area contributed by atoms with Crippen molar-refractivity contribution < 1.29 is 69.1 Å². The van der Waals surface area contributed by atoms with E-state index in [-0.39, 0.29) is 57.3 Å². The molecule has 0 aromatic rings. The van der Waals surface area contributed by atoms with Crippen molar-refractivity contribution in [3.63, 3.8) is 0 Å². The monoisotopic (exact) mass is 204 g/mol. The average Bonchev–Trinajstić information content (AvgIpc) is 2.32. The van der Waals surface area contributed by atoms with Gasteiger partial charge in [-0.05, 0) is 12.3 Å². The van der Waals surface area contributed by atoms with Crippen molar-refractivity contribution in [2.75, 3.05) is 13.2 Å². The Bertz CT molecular complexity index is 153. The number of halogens is 3. The fraction of sp³-hybridized carbons (Fsp3) is 0.667. The molecule has 1 aliphatic heterocycles. The summed E-state index contributed by atoms with van der Waals surface area (Å²) in [5.41, 5.74) is 0. The topological polar surface area (TPSA) is 9.23 Å². The Kier molecular flexibility index (Phi) is 6.40. The first-order valence-electron chi connectivity index (χ1n) is 3.55. The van der Waals surface area contributed by atoms with Crippen LogP contribution in [0.1, 0.15) is 6.42 Å². The van der Waals surface area contributed by atoms with E-state index in [1.165, 1.54) is 6.08 Å². The third kappa shape index (κ3) is 5.77. The predicted octanol–water partition coefficient (Wildman–Crippen LogP) is -1.03. The second kappa shape index (κ2) is 5.82. The van der Waals surface area contributed by atoms with Gasteiger partial charge in [0, 0.05) is 6.61 Å². The Morgan fingerprint density at radius 2 is 2.00 bits per heavy atom. The van der Waals surface area contributed by atoms with Gasteiger partial charge in [-0.25, -0.2) is 0 Å². The molecule has 0 N–H and O–H groups in total. The second-order valence-corrected chi connectivity index (χ2v) is 2.63. The molecular formula is C6H9BF3KO. The Morgan fingerprint density at radius 1 is 1.33 bits per heavy atom. The summed E-state index contributed by atoms with van der Waals surface area (Å²) in [6.07, 6.45) is 1.91. The zero-order chi connectivity index (χ0) is 8.32. The summed E-state index contributed by atoms with van der Waals surface area (Å²) in [6, 6.07) is 0. The summed E-state index contributed by atoms with van der Waals surface area (Å²) >= 11 is 0. The van der Waals surface area contributed by atoms with Crippen molar-refractivity contribution in [1.82, 2.24) is 0 Å². The summed E-state index contributed by atoms with van der Waals surface area (Å²) in [5.74, 6) is 0.317. The Balaban J connectivity index is 0.00000121. The molecule has 0 aliphatic carbocycles. The normalized spacial score (nSPS) is 24.4. The number of hydrogen-bond acceptors (Lipinski definition) is 1. The van der Waals surface area contributed by atoms with Gasteiger partial charge in [-0.1, -0.05) is 0 Å². The minimum atomic E-state index is -4.76. The van der Waals surface area contributed by atoms with Crippen molar-refractivity contribution in [3.05, 3.63) is 12.1 Å². The van der Waals surface area contributed by atoms with Gasteiger partial charge in [0.1, 0.15) is 0 Å². The van der Waals surface area contributed by atoms with Gasteiger partial charge < -0.3 is 17.7 Å². The quantitative estimate of drug-likeness (QED) is 0.522. The van der Waals surface area contributed by atoms with E-state index in [1.54, 1.807) is 0 Å². The maximum atomic E-state index is 11.6. The van der Waals surface area contributed by atoms with E-state index < -0.39 is 6.98 Å². The molecule has 1 fully saturated rings. The summed E-state index contributed by atoms with van der Waals surface area (Å²) in [6.45, 7) is -3.74. The maximum absolute atomic E-state index is 11.6. The van der Waals surface area contributed by atoms with E-state index in [2.05, 4.69) is 0 Å². The average molecular weight is 204 g/mol. The molecule has 1 nitrogen and oxygen atoms in total. The molecule has 64 valence electrons. The van der Waals surface area contributed by atoms with Gasteiger partial charge in [0.25, 0.3) is 0 Å². The van der Waals surface area contributed by atoms with E-state index in [0.717, 1.165) is 0 Å². The van der Waals surface area contributed by atoms with Crippen molar-refractivity contribution >= 4 is 6.98 Å². The standard InChI is InChI=1S/C6H9BF3O.K/c8-7(9,10)3-1-6-2-4-11-5-6;/h1,3,6H,2,4-5H2;/q-1;+1/b3-1+;. The van der Waals surface area contributed by atoms with Gasteiger partial charge in [-0.2, -0.15) is 0 Å². The van der Waals surface area contributed by atoms with Gasteiger partial charge in [-0.3, -0.25) is 0 Å². The van der Waals surface area contributed by atoms with Crippen molar-refractivity contribution in [3.8, 4) is 0 Å². The Hall–Kier alpha value is 1.19. The van der Waals surface area contributed by atoms with Crippen LogP contribution in [0.15, 0.2) is 12.1 Å². The summed E-state index contributed by atoms with van der Waals surface area (Å²) in [7, 11) is 0. The summed E-state index contributed by atoms with van der Waals surface area (Å²) in [4.78, 5) is 0. The molecule has 0 aromatic carbocycles. The van der Waals surface area contributed by atoms with Crippen LogP contribution >= 0.6 is 0 Å². The first kappa shape index (κ1) is 13.2. The summed E-state index contributed by atoms with van der Waals surface area (Å²) < 4.78 is 39.8. The summed E-state index contributed by atoms with van der Waals surface area (Å²) in [5, 5.41) is 0. The molecule has 0 aromatic heterocycles. The van der Waals surface area contributed by atoms with Crippen molar-refractivity contribution in [1.29, 1.82) is 0 Å². The van der Waals surface area contributed by atoms with Gasteiger partial charge in [0.05, 0.1) is 6.61 Å². The molecule has 6 heteroatoms. The van der Waals surface area contributed by atoms with E-state index in [4.69, 9.17) is 4.74 Å². The van der Waals surface area contributed by atoms with E-state index in [1.807, 2.05) is 0 Å². The third-order valence-corrected chi connectivity index (χ3v) is 1.57. The zero-order valence-corrected chi connectivity index (χ0v) is 10.1. The van der Waals surface area contributed by atoms with Gasteiger partial charge in [-0.15, -0.1) is 12.1 Å². The fourth-order valence-electron chi connectivity index (χ4n) is 0.988. The molecular weight excluding hydrogens is 195 g/mol. The van der Waals surface area contributed by atoms with E-state index in [9.17, 15) is 12.9 Å². The smallest absolute Gasteiger partial charge is 0.445 e. The molecule has 0 radical (unpaired) electrons. The van der Waals surface area contributed by atoms with Crippen LogP contribution in [-0.2, 0) is 4.74 Å². The molecule has 1 saturated heterocycles. The molecule has 12 heavy (non-hydrogen) atoms. The molecule has 1 atom stereocenters. The van der Waals surface area contributed by atoms with Crippen LogP contribution in [0.25, 0.3) is 0 Å². The molecule has 0 spiro atoms. The van der Waals surface area contributed by atoms with E-state index >= 15 is 0 Å². The first-order valence-corrected chi connectivity index (χ1v) is 3.55. The molecule has 1 heterocycles. The van der Waals surface area contributed by atoms with Gasteiger partial charge in [0.15, 0.2) is 0 Å². The van der Waals surface area contributed by atoms with Crippen LogP contribution in [0.5, 0.6) is 0 Å². The number of ether oxygens (including phenoxy) is 1. The van der Waals surface area contributed by atoms with E-state index in [0.29, 0.717) is 25.6 Å². The van der Waals surface area contributed by atoms with Crippen LogP contribution in [0.3, 0.4) is 0 Å². The molecule has 0 bridgehead atoms. The Labute approximate surface area is 112 Å². The predicted molar refractivity (Wildman–Crippen MR) is 37.1 cm³/mol. The van der Waals surface area contributed by atoms with Crippen molar-refractivity contribution in [2.24, 2.45) is 5.92 Å². The fourth-order valence-corrected chi connectivity index (χ4v) is 0.988. The minimum absolute atomic E-state index is 0. The van der Waals surface area contributed by atoms with Crippen molar-refractivity contribution in [2.45, 2.75) is 6.42 Å². The zero-order valence-electron chi connectivity index (χ0n) is 6.97. The Morgan fingerprint density at radius 3 is 2.42 bits per heavy atom. The number of rotatable bonds is 2.